The molecule has 0 spiro atoms. The monoisotopic (exact) mass is 248 g/mol. The van der Waals surface area contributed by atoms with E-state index in [1.165, 1.54) is 17.5 Å². The van der Waals surface area contributed by atoms with Crippen LogP contribution in [0.4, 0.5) is 0 Å². The summed E-state index contributed by atoms with van der Waals surface area (Å²) in [5.41, 5.74) is 2.83. The van der Waals surface area contributed by atoms with E-state index < -0.39 is 0 Å². The summed E-state index contributed by atoms with van der Waals surface area (Å²) >= 11 is 0. The molecule has 1 rings (SSSR count). The minimum absolute atomic E-state index is 0.450. The molecule has 1 unspecified atom stereocenters. The fourth-order valence-electron chi connectivity index (χ4n) is 2.31. The Hall–Kier alpha value is -0.860. The van der Waals surface area contributed by atoms with Crippen molar-refractivity contribution < 1.29 is 0 Å². The summed E-state index contributed by atoms with van der Waals surface area (Å²) in [7, 11) is 0. The van der Waals surface area contributed by atoms with E-state index in [9.17, 15) is 0 Å². The third kappa shape index (κ3) is 4.43. The third-order valence-electron chi connectivity index (χ3n) is 3.54. The van der Waals surface area contributed by atoms with Crippen molar-refractivity contribution in [1.82, 2.24) is 10.2 Å². The van der Waals surface area contributed by atoms with E-state index in [2.05, 4.69) is 62.2 Å². The maximum absolute atomic E-state index is 3.68. The van der Waals surface area contributed by atoms with Gasteiger partial charge in [-0.1, -0.05) is 45.0 Å². The van der Waals surface area contributed by atoms with Crippen LogP contribution in [-0.2, 0) is 0 Å². The average molecular weight is 248 g/mol. The Morgan fingerprint density at radius 1 is 1.11 bits per heavy atom. The molecule has 18 heavy (non-hydrogen) atoms. The number of aryl methyl sites for hydroxylation is 1. The van der Waals surface area contributed by atoms with Gasteiger partial charge in [-0.15, -0.1) is 0 Å². The molecule has 0 aliphatic carbocycles. The van der Waals surface area contributed by atoms with Crippen LogP contribution in [-0.4, -0.2) is 31.1 Å². The van der Waals surface area contributed by atoms with E-state index in [4.69, 9.17) is 0 Å². The number of hydrogen-bond donors (Lipinski definition) is 1. The first-order valence-electron chi connectivity index (χ1n) is 7.24. The molecule has 0 heterocycles. The van der Waals surface area contributed by atoms with Crippen molar-refractivity contribution in [3.8, 4) is 0 Å². The second kappa shape index (κ2) is 8.28. The Morgan fingerprint density at radius 3 is 2.33 bits per heavy atom. The molecule has 1 N–H and O–H groups in total. The summed E-state index contributed by atoms with van der Waals surface area (Å²) in [5, 5.41) is 3.68. The van der Waals surface area contributed by atoms with E-state index in [-0.39, 0.29) is 0 Å². The molecule has 0 aliphatic rings. The maximum atomic E-state index is 3.68. The molecule has 1 atom stereocenters. The van der Waals surface area contributed by atoms with Gasteiger partial charge in [0.15, 0.2) is 0 Å². The quantitative estimate of drug-likeness (QED) is 0.759. The Morgan fingerprint density at radius 2 is 1.78 bits per heavy atom. The highest BCUT2D eigenvalue weighted by Gasteiger charge is 2.15. The van der Waals surface area contributed by atoms with Crippen LogP contribution in [0.15, 0.2) is 24.3 Å². The number of likely N-dealkylation sites (N-methyl/N-ethyl adjacent to an activating group) is 1. The van der Waals surface area contributed by atoms with Gasteiger partial charge in [0, 0.05) is 12.6 Å². The van der Waals surface area contributed by atoms with Gasteiger partial charge in [0.05, 0.1) is 0 Å². The highest BCUT2D eigenvalue weighted by molar-refractivity contribution is 5.29. The lowest BCUT2D eigenvalue weighted by molar-refractivity contribution is 0.265. The van der Waals surface area contributed by atoms with Crippen LogP contribution in [0.1, 0.15) is 44.4 Å². The fraction of sp³-hybridized carbons (Fsp3) is 0.625. The molecule has 2 heteroatoms. The summed E-state index contributed by atoms with van der Waals surface area (Å²) in [5.74, 6) is 0. The molecule has 102 valence electrons. The van der Waals surface area contributed by atoms with Gasteiger partial charge < -0.3 is 10.2 Å². The number of rotatable bonds is 8. The SMILES string of the molecule is CCCNC(CN(CC)CC)c1ccccc1C. The van der Waals surface area contributed by atoms with Crippen molar-refractivity contribution in [2.75, 3.05) is 26.2 Å². The van der Waals surface area contributed by atoms with Crippen LogP contribution in [0.3, 0.4) is 0 Å². The maximum Gasteiger partial charge on any atom is 0.0451 e. The zero-order chi connectivity index (χ0) is 13.4. The van der Waals surface area contributed by atoms with Gasteiger partial charge in [-0.05, 0) is 44.1 Å². The van der Waals surface area contributed by atoms with Crippen molar-refractivity contribution in [3.05, 3.63) is 35.4 Å². The summed E-state index contributed by atoms with van der Waals surface area (Å²) in [6.07, 6.45) is 1.18. The number of nitrogens with zero attached hydrogens (tertiary/aromatic N) is 1. The van der Waals surface area contributed by atoms with E-state index >= 15 is 0 Å². The minimum atomic E-state index is 0.450. The molecule has 0 aliphatic heterocycles. The average Bonchev–Trinajstić information content (AvgIpc) is 2.40. The van der Waals surface area contributed by atoms with E-state index in [0.717, 1.165) is 26.2 Å². The number of benzene rings is 1. The van der Waals surface area contributed by atoms with Gasteiger partial charge in [-0.3, -0.25) is 0 Å². The predicted octanol–water partition coefficient (Wildman–Crippen LogP) is 3.38. The molecule has 2 nitrogen and oxygen atoms in total. The summed E-state index contributed by atoms with van der Waals surface area (Å²) in [4.78, 5) is 2.49. The van der Waals surface area contributed by atoms with Gasteiger partial charge in [-0.25, -0.2) is 0 Å². The smallest absolute Gasteiger partial charge is 0.0451 e. The number of hydrogen-bond acceptors (Lipinski definition) is 2. The van der Waals surface area contributed by atoms with E-state index in [0.29, 0.717) is 6.04 Å². The largest absolute Gasteiger partial charge is 0.309 e. The minimum Gasteiger partial charge on any atom is -0.309 e. The summed E-state index contributed by atoms with van der Waals surface area (Å²) in [6.45, 7) is 13.3. The lowest BCUT2D eigenvalue weighted by atomic mass is 10.0. The standard InChI is InChI=1S/C16H28N2/c1-5-12-17-16(13-18(6-2)7-3)15-11-9-8-10-14(15)4/h8-11,16-17H,5-7,12-13H2,1-4H3. The van der Waals surface area contributed by atoms with Crippen LogP contribution < -0.4 is 5.32 Å². The highest BCUT2D eigenvalue weighted by atomic mass is 15.1. The fourth-order valence-corrected chi connectivity index (χ4v) is 2.31. The molecule has 0 radical (unpaired) electrons. The molecule has 1 aromatic rings. The molecular formula is C16H28N2. The van der Waals surface area contributed by atoms with Gasteiger partial charge in [-0.2, -0.15) is 0 Å². The molecule has 0 aromatic heterocycles. The van der Waals surface area contributed by atoms with E-state index in [1.54, 1.807) is 0 Å². The lowest BCUT2D eigenvalue weighted by Crippen LogP contribution is -2.35. The van der Waals surface area contributed by atoms with Gasteiger partial charge in [0.2, 0.25) is 0 Å². The summed E-state index contributed by atoms with van der Waals surface area (Å²) < 4.78 is 0. The molecule has 1 aromatic carbocycles. The predicted molar refractivity (Wildman–Crippen MR) is 80.0 cm³/mol. The van der Waals surface area contributed by atoms with E-state index in [1.807, 2.05) is 0 Å². The molecule has 0 fully saturated rings. The zero-order valence-electron chi connectivity index (χ0n) is 12.4. The second-order valence-corrected chi connectivity index (χ2v) is 4.85. The molecule has 0 saturated carbocycles. The van der Waals surface area contributed by atoms with Crippen molar-refractivity contribution in [3.63, 3.8) is 0 Å². The van der Waals surface area contributed by atoms with Crippen molar-refractivity contribution in [2.24, 2.45) is 0 Å². The Bertz CT molecular complexity index is 332. The third-order valence-corrected chi connectivity index (χ3v) is 3.54. The Kier molecular flexibility index (Phi) is 6.99. The first kappa shape index (κ1) is 15.2. The topological polar surface area (TPSA) is 15.3 Å². The van der Waals surface area contributed by atoms with Crippen molar-refractivity contribution in [2.45, 2.75) is 40.2 Å². The summed E-state index contributed by atoms with van der Waals surface area (Å²) in [6, 6.07) is 9.17. The molecule has 0 bridgehead atoms. The van der Waals surface area contributed by atoms with Crippen LogP contribution in [0.25, 0.3) is 0 Å². The molecule has 0 amide bonds. The highest BCUT2D eigenvalue weighted by Crippen LogP contribution is 2.18. The normalized spacial score (nSPS) is 12.9. The first-order chi connectivity index (χ1) is 8.72. The first-order valence-corrected chi connectivity index (χ1v) is 7.24. The van der Waals surface area contributed by atoms with Crippen LogP contribution in [0.2, 0.25) is 0 Å². The van der Waals surface area contributed by atoms with Crippen LogP contribution >= 0.6 is 0 Å². The van der Waals surface area contributed by atoms with Crippen LogP contribution in [0.5, 0.6) is 0 Å². The molecule has 0 saturated heterocycles. The second-order valence-electron chi connectivity index (χ2n) is 4.85. The Labute approximate surface area is 112 Å². The van der Waals surface area contributed by atoms with Crippen molar-refractivity contribution in [1.29, 1.82) is 0 Å². The zero-order valence-corrected chi connectivity index (χ0v) is 12.4. The van der Waals surface area contributed by atoms with Crippen molar-refractivity contribution >= 4 is 0 Å². The Balaban J connectivity index is 2.80. The van der Waals surface area contributed by atoms with Crippen LogP contribution in [0, 0.1) is 6.92 Å². The van der Waals surface area contributed by atoms with Gasteiger partial charge >= 0.3 is 0 Å². The number of nitrogens with one attached hydrogen (secondary N) is 1. The van der Waals surface area contributed by atoms with Gasteiger partial charge in [0.25, 0.3) is 0 Å². The molecular weight excluding hydrogens is 220 g/mol. The van der Waals surface area contributed by atoms with Gasteiger partial charge in [0.1, 0.15) is 0 Å². The lowest BCUT2D eigenvalue weighted by Gasteiger charge is -2.27.